The number of piperidine rings is 1. The Morgan fingerprint density at radius 2 is 1.73 bits per heavy atom. The van der Waals surface area contributed by atoms with Gasteiger partial charge in [0, 0.05) is 75.1 Å². The molecule has 11 nitrogen and oxygen atoms in total. The quantitative estimate of drug-likeness (QED) is 0.271. The summed E-state index contributed by atoms with van der Waals surface area (Å²) >= 11 is 0. The third kappa shape index (κ3) is 6.86. The molecule has 2 aliphatic heterocycles. The Morgan fingerprint density at radius 1 is 1.00 bits per heavy atom. The number of benzene rings is 1. The standard InChI is InChI=1S/C37H47FN8O3/c1-24-21-28(33(38)34(40-24)29-23-39-14-9-32(29)49-4)35(47)42-36-41-30-22-27(5-6-31(30)46(36)26-7-12-37(2,48)13-8-26)44-15-10-25(11-16-44)45-19-17-43(3)18-20-45/h5-6,9,14,21-23,25-26,48H,7-8,10-13,15-20H2,1-4H3,(H,41,42,47). The lowest BCUT2D eigenvalue weighted by atomic mass is 9.83. The number of nitrogens with zero attached hydrogens (tertiary/aromatic N) is 7. The molecule has 3 fully saturated rings. The van der Waals surface area contributed by atoms with Crippen LogP contribution in [-0.4, -0.2) is 105 Å². The molecule has 1 aromatic carbocycles. The number of imidazole rings is 1. The molecule has 2 N–H and O–H groups in total. The average Bonchev–Trinajstić information content (AvgIpc) is 3.46. The number of carbonyl (C=O) groups is 1. The summed E-state index contributed by atoms with van der Waals surface area (Å²) in [5.41, 5.74) is 2.79. The van der Waals surface area contributed by atoms with E-state index in [0.29, 0.717) is 41.8 Å². The highest BCUT2D eigenvalue weighted by atomic mass is 19.1. The number of rotatable bonds is 7. The van der Waals surface area contributed by atoms with Crippen LogP contribution in [-0.2, 0) is 0 Å². The fourth-order valence-electron chi connectivity index (χ4n) is 7.81. The van der Waals surface area contributed by atoms with Crippen molar-refractivity contribution < 1.29 is 19.0 Å². The minimum absolute atomic E-state index is 0.000787. The third-order valence-electron chi connectivity index (χ3n) is 10.8. The van der Waals surface area contributed by atoms with Crippen LogP contribution in [0.5, 0.6) is 5.75 Å². The first-order valence-corrected chi connectivity index (χ1v) is 17.5. The van der Waals surface area contributed by atoms with Crippen molar-refractivity contribution in [3.05, 3.63) is 59.8 Å². The molecule has 3 aliphatic rings. The van der Waals surface area contributed by atoms with Gasteiger partial charge in [0.15, 0.2) is 5.82 Å². The predicted molar refractivity (Wildman–Crippen MR) is 189 cm³/mol. The van der Waals surface area contributed by atoms with Gasteiger partial charge in [0.25, 0.3) is 5.91 Å². The summed E-state index contributed by atoms with van der Waals surface area (Å²) in [7, 11) is 3.69. The van der Waals surface area contributed by atoms with Gasteiger partial charge in [-0.3, -0.25) is 20.0 Å². The maximum atomic E-state index is 16.1. The normalized spacial score (nSPS) is 22.8. The molecule has 260 valence electrons. The number of nitrogens with one attached hydrogen (secondary N) is 1. The van der Waals surface area contributed by atoms with E-state index in [1.165, 1.54) is 19.4 Å². The third-order valence-corrected chi connectivity index (χ3v) is 10.8. The Hall–Kier alpha value is -4.13. The molecule has 2 saturated heterocycles. The van der Waals surface area contributed by atoms with E-state index in [4.69, 9.17) is 9.72 Å². The summed E-state index contributed by atoms with van der Waals surface area (Å²) in [6.07, 6.45) is 8.04. The number of aromatic nitrogens is 4. The van der Waals surface area contributed by atoms with Crippen molar-refractivity contribution in [2.24, 2.45) is 0 Å². The van der Waals surface area contributed by atoms with Crippen LogP contribution in [0.3, 0.4) is 0 Å². The van der Waals surface area contributed by atoms with E-state index in [9.17, 15) is 9.90 Å². The predicted octanol–water partition coefficient (Wildman–Crippen LogP) is 5.28. The minimum atomic E-state index is -0.756. The van der Waals surface area contributed by atoms with Crippen molar-refractivity contribution in [1.82, 2.24) is 29.3 Å². The zero-order valence-corrected chi connectivity index (χ0v) is 29.0. The van der Waals surface area contributed by atoms with E-state index in [2.05, 4.69) is 59.8 Å². The first kappa shape index (κ1) is 33.4. The monoisotopic (exact) mass is 670 g/mol. The van der Waals surface area contributed by atoms with Crippen LogP contribution in [0.2, 0.25) is 0 Å². The maximum Gasteiger partial charge on any atom is 0.261 e. The second-order valence-corrected chi connectivity index (χ2v) is 14.3. The first-order valence-electron chi connectivity index (χ1n) is 17.5. The van der Waals surface area contributed by atoms with E-state index in [1.54, 1.807) is 19.2 Å². The Morgan fingerprint density at radius 3 is 2.45 bits per heavy atom. The van der Waals surface area contributed by atoms with Crippen molar-refractivity contribution in [1.29, 1.82) is 0 Å². The maximum absolute atomic E-state index is 16.1. The van der Waals surface area contributed by atoms with Crippen LogP contribution < -0.4 is 15.0 Å². The Balaban J connectivity index is 1.18. The number of hydrogen-bond donors (Lipinski definition) is 2. The number of hydrogen-bond acceptors (Lipinski definition) is 9. The fraction of sp³-hybridized carbons (Fsp3) is 0.514. The van der Waals surface area contributed by atoms with Gasteiger partial charge in [-0.25, -0.2) is 14.4 Å². The molecule has 1 amide bonds. The number of aliphatic hydroxyl groups is 1. The average molecular weight is 671 g/mol. The van der Waals surface area contributed by atoms with Crippen LogP contribution >= 0.6 is 0 Å². The van der Waals surface area contributed by atoms with Crippen LogP contribution in [0.25, 0.3) is 22.3 Å². The van der Waals surface area contributed by atoms with Crippen LogP contribution in [0, 0.1) is 12.7 Å². The molecule has 49 heavy (non-hydrogen) atoms. The van der Waals surface area contributed by atoms with Gasteiger partial charge in [-0.1, -0.05) is 0 Å². The van der Waals surface area contributed by atoms with E-state index in [0.717, 1.165) is 81.7 Å². The first-order chi connectivity index (χ1) is 23.6. The molecule has 0 spiro atoms. The second kappa shape index (κ2) is 13.6. The largest absolute Gasteiger partial charge is 0.496 e. The summed E-state index contributed by atoms with van der Waals surface area (Å²) in [5.74, 6) is -0.592. The van der Waals surface area contributed by atoms with Crippen molar-refractivity contribution >= 4 is 28.6 Å². The summed E-state index contributed by atoms with van der Waals surface area (Å²) in [4.78, 5) is 34.9. The lowest BCUT2D eigenvalue weighted by Gasteiger charge is -2.42. The lowest BCUT2D eigenvalue weighted by Crippen LogP contribution is -2.52. The fourth-order valence-corrected chi connectivity index (χ4v) is 7.81. The van der Waals surface area contributed by atoms with Crippen molar-refractivity contribution in [2.45, 2.75) is 70.1 Å². The molecule has 3 aromatic heterocycles. The molecule has 1 saturated carbocycles. The molecule has 12 heteroatoms. The van der Waals surface area contributed by atoms with Gasteiger partial charge < -0.3 is 24.2 Å². The van der Waals surface area contributed by atoms with Gasteiger partial charge in [-0.05, 0) is 89.8 Å². The summed E-state index contributed by atoms with van der Waals surface area (Å²) in [5, 5.41) is 13.7. The topological polar surface area (TPSA) is 112 Å². The number of pyridine rings is 2. The van der Waals surface area contributed by atoms with E-state index in [-0.39, 0.29) is 17.3 Å². The number of carbonyl (C=O) groups excluding carboxylic acids is 1. The van der Waals surface area contributed by atoms with E-state index < -0.39 is 17.3 Å². The molecule has 5 heterocycles. The number of fused-ring (bicyclic) bond motifs is 1. The smallest absolute Gasteiger partial charge is 0.261 e. The number of ether oxygens (including phenoxy) is 1. The number of piperazine rings is 1. The molecule has 0 unspecified atom stereocenters. The zero-order chi connectivity index (χ0) is 34.3. The van der Waals surface area contributed by atoms with E-state index in [1.807, 2.05) is 6.92 Å². The molecule has 0 radical (unpaired) electrons. The summed E-state index contributed by atoms with van der Waals surface area (Å²) in [6, 6.07) is 10.1. The van der Waals surface area contributed by atoms with Crippen molar-refractivity contribution in [3.63, 3.8) is 0 Å². The number of methoxy groups -OCH3 is 1. The second-order valence-electron chi connectivity index (χ2n) is 14.3. The SMILES string of the molecule is COc1ccncc1-c1nc(C)cc(C(=O)Nc2nc3cc(N4CCC(N5CCN(C)CC5)CC4)ccc3n2C2CCC(C)(O)CC2)c1F. The number of anilines is 2. The number of likely N-dealkylation sites (N-methyl/N-ethyl adjacent to an activating group) is 1. The highest BCUT2D eigenvalue weighted by Crippen LogP contribution is 2.39. The van der Waals surface area contributed by atoms with Crippen molar-refractivity contribution in [2.75, 3.05) is 63.6 Å². The molecule has 0 atom stereocenters. The van der Waals surface area contributed by atoms with Crippen LogP contribution in [0.4, 0.5) is 16.0 Å². The van der Waals surface area contributed by atoms with Gasteiger partial charge in [-0.15, -0.1) is 0 Å². The molecule has 4 aromatic rings. The Kier molecular flexibility index (Phi) is 9.29. The minimum Gasteiger partial charge on any atom is -0.496 e. The summed E-state index contributed by atoms with van der Waals surface area (Å²) < 4.78 is 23.6. The highest BCUT2D eigenvalue weighted by molar-refractivity contribution is 6.05. The highest BCUT2D eigenvalue weighted by Gasteiger charge is 2.33. The zero-order valence-electron chi connectivity index (χ0n) is 29.0. The number of aryl methyl sites for hydroxylation is 1. The van der Waals surface area contributed by atoms with Crippen LogP contribution in [0.1, 0.15) is 67.5 Å². The molecular formula is C37H47FN8O3. The van der Waals surface area contributed by atoms with Gasteiger partial charge >= 0.3 is 0 Å². The van der Waals surface area contributed by atoms with Gasteiger partial charge in [0.2, 0.25) is 5.95 Å². The number of amides is 1. The molecule has 7 rings (SSSR count). The van der Waals surface area contributed by atoms with Gasteiger partial charge in [-0.2, -0.15) is 0 Å². The van der Waals surface area contributed by atoms with Gasteiger partial charge in [0.05, 0.1) is 34.9 Å². The number of halogens is 1. The van der Waals surface area contributed by atoms with Crippen molar-refractivity contribution in [3.8, 4) is 17.0 Å². The molecular weight excluding hydrogens is 623 g/mol. The molecule has 1 aliphatic carbocycles. The summed E-state index contributed by atoms with van der Waals surface area (Å²) in [6.45, 7) is 10.1. The van der Waals surface area contributed by atoms with Gasteiger partial charge in [0.1, 0.15) is 11.4 Å². The Labute approximate surface area is 287 Å². The lowest BCUT2D eigenvalue weighted by molar-refractivity contribution is 0.0106. The van der Waals surface area contributed by atoms with Crippen LogP contribution in [0.15, 0.2) is 42.7 Å². The molecule has 0 bridgehead atoms. The Bertz CT molecular complexity index is 1820. The van der Waals surface area contributed by atoms with E-state index >= 15 is 4.39 Å².